The van der Waals surface area contributed by atoms with Crippen LogP contribution in [0.5, 0.6) is 5.75 Å². The third kappa shape index (κ3) is 3.18. The molecule has 0 heterocycles. The summed E-state index contributed by atoms with van der Waals surface area (Å²) in [4.78, 5) is 20.2. The fourth-order valence-corrected chi connectivity index (χ4v) is 1.91. The van der Waals surface area contributed by atoms with Gasteiger partial charge in [0.15, 0.2) is 0 Å². The number of halogens is 1. The van der Waals surface area contributed by atoms with E-state index in [0.29, 0.717) is 5.69 Å². The molecule has 108 valence electrons. The largest absolute Gasteiger partial charge is 0.508 e. The lowest BCUT2D eigenvalue weighted by Gasteiger charge is -2.08. The molecule has 0 aliphatic heterocycles. The molecule has 0 fully saturated rings. The first kappa shape index (κ1) is 14.5. The quantitative estimate of drug-likeness (QED) is 0.657. The number of nitro groups is 2. The molecule has 2 N–H and O–H groups in total. The van der Waals surface area contributed by atoms with Crippen molar-refractivity contribution < 1.29 is 15.0 Å². The minimum atomic E-state index is -0.798. The normalized spacial score (nSPS) is 10.1. The number of aromatic hydroxyl groups is 1. The molecular formula is C12H8ClN3O5. The second-order valence-electron chi connectivity index (χ2n) is 4.01. The number of hydrogen-bond acceptors (Lipinski definition) is 6. The van der Waals surface area contributed by atoms with Crippen LogP contribution in [0.2, 0.25) is 5.02 Å². The monoisotopic (exact) mass is 309 g/mol. The second kappa shape index (κ2) is 5.63. The van der Waals surface area contributed by atoms with Gasteiger partial charge in [-0.05, 0) is 18.2 Å². The highest BCUT2D eigenvalue weighted by Gasteiger charge is 2.23. The molecule has 0 saturated heterocycles. The van der Waals surface area contributed by atoms with Crippen molar-refractivity contribution in [2.24, 2.45) is 0 Å². The predicted molar refractivity (Wildman–Crippen MR) is 76.2 cm³/mol. The molecule has 2 aromatic rings. The fourth-order valence-electron chi connectivity index (χ4n) is 1.68. The Hall–Kier alpha value is -2.87. The number of phenolic OH excluding ortho intramolecular Hbond substituents is 1. The van der Waals surface area contributed by atoms with Gasteiger partial charge in [0.25, 0.3) is 11.4 Å². The van der Waals surface area contributed by atoms with Crippen LogP contribution in [0.3, 0.4) is 0 Å². The van der Waals surface area contributed by atoms with Crippen LogP contribution in [0.15, 0.2) is 36.4 Å². The number of phenols is 1. The van der Waals surface area contributed by atoms with Gasteiger partial charge < -0.3 is 10.4 Å². The van der Waals surface area contributed by atoms with Gasteiger partial charge in [-0.1, -0.05) is 17.7 Å². The average Bonchev–Trinajstić information content (AvgIpc) is 2.37. The topological polar surface area (TPSA) is 119 Å². The Morgan fingerprint density at radius 2 is 1.71 bits per heavy atom. The molecule has 0 aliphatic carbocycles. The highest BCUT2D eigenvalue weighted by molar-refractivity contribution is 6.33. The third-order valence-electron chi connectivity index (χ3n) is 2.58. The van der Waals surface area contributed by atoms with Crippen LogP contribution in [-0.4, -0.2) is 15.0 Å². The maximum absolute atomic E-state index is 11.0. The minimum Gasteiger partial charge on any atom is -0.508 e. The summed E-state index contributed by atoms with van der Waals surface area (Å²) in [6.45, 7) is 0. The van der Waals surface area contributed by atoms with Gasteiger partial charge in [0, 0.05) is 11.8 Å². The Balaban J connectivity index is 2.50. The van der Waals surface area contributed by atoms with E-state index >= 15 is 0 Å². The third-order valence-corrected chi connectivity index (χ3v) is 2.89. The van der Waals surface area contributed by atoms with Crippen molar-refractivity contribution in [1.29, 1.82) is 0 Å². The van der Waals surface area contributed by atoms with Crippen molar-refractivity contribution in [3.05, 3.63) is 61.6 Å². The minimum absolute atomic E-state index is 0.0128. The number of rotatable bonds is 4. The highest BCUT2D eigenvalue weighted by atomic mass is 35.5. The Morgan fingerprint density at radius 1 is 1.05 bits per heavy atom. The number of nitrogens with one attached hydrogen (secondary N) is 1. The van der Waals surface area contributed by atoms with Crippen molar-refractivity contribution in [1.82, 2.24) is 0 Å². The van der Waals surface area contributed by atoms with E-state index in [-0.39, 0.29) is 16.5 Å². The average molecular weight is 310 g/mol. The van der Waals surface area contributed by atoms with Gasteiger partial charge in [-0.15, -0.1) is 0 Å². The van der Waals surface area contributed by atoms with E-state index in [2.05, 4.69) is 5.32 Å². The van der Waals surface area contributed by atoms with Crippen molar-refractivity contribution in [2.75, 3.05) is 5.32 Å². The van der Waals surface area contributed by atoms with Crippen LogP contribution in [0, 0.1) is 20.2 Å². The van der Waals surface area contributed by atoms with E-state index in [1.54, 1.807) is 6.07 Å². The first-order valence-electron chi connectivity index (χ1n) is 5.57. The molecule has 0 radical (unpaired) electrons. The Kier molecular flexibility index (Phi) is 3.90. The summed E-state index contributed by atoms with van der Waals surface area (Å²) in [6.07, 6.45) is 0. The number of nitrogens with zero attached hydrogens (tertiary/aromatic N) is 2. The first-order chi connectivity index (χ1) is 9.88. The van der Waals surface area contributed by atoms with E-state index in [1.165, 1.54) is 18.2 Å². The zero-order chi connectivity index (χ0) is 15.6. The van der Waals surface area contributed by atoms with Crippen LogP contribution < -0.4 is 5.32 Å². The van der Waals surface area contributed by atoms with Gasteiger partial charge in [-0.25, -0.2) is 0 Å². The van der Waals surface area contributed by atoms with E-state index in [4.69, 9.17) is 11.6 Å². The van der Waals surface area contributed by atoms with Crippen molar-refractivity contribution in [3.63, 3.8) is 0 Å². The lowest BCUT2D eigenvalue weighted by atomic mass is 10.2. The van der Waals surface area contributed by atoms with Gasteiger partial charge in [0.1, 0.15) is 16.5 Å². The number of hydrogen-bond donors (Lipinski definition) is 2. The number of anilines is 2. The summed E-state index contributed by atoms with van der Waals surface area (Å²) in [7, 11) is 0. The van der Waals surface area contributed by atoms with Crippen molar-refractivity contribution >= 4 is 34.4 Å². The van der Waals surface area contributed by atoms with E-state index in [1.807, 2.05) is 0 Å². The van der Waals surface area contributed by atoms with Crippen molar-refractivity contribution in [3.8, 4) is 5.75 Å². The summed E-state index contributed by atoms with van der Waals surface area (Å²) < 4.78 is 0. The Morgan fingerprint density at radius 3 is 2.29 bits per heavy atom. The molecule has 0 unspecified atom stereocenters. The summed E-state index contributed by atoms with van der Waals surface area (Å²) in [6, 6.07) is 7.77. The predicted octanol–water partition coefficient (Wildman–Crippen LogP) is 3.61. The van der Waals surface area contributed by atoms with Crippen LogP contribution in [-0.2, 0) is 0 Å². The van der Waals surface area contributed by atoms with Crippen LogP contribution in [0.25, 0.3) is 0 Å². The molecule has 0 atom stereocenters. The Bertz CT molecular complexity index is 735. The maximum Gasteiger partial charge on any atom is 0.299 e. The second-order valence-corrected chi connectivity index (χ2v) is 4.42. The molecule has 0 spiro atoms. The molecule has 0 aliphatic rings. The standard InChI is InChI=1S/C12H8ClN3O5/c13-9-5-10(14-7-2-1-3-8(17)4-7)12(16(20)21)6-11(9)15(18)19/h1-6,14,17H. The molecule has 2 aromatic carbocycles. The molecular weight excluding hydrogens is 302 g/mol. The lowest BCUT2D eigenvalue weighted by molar-refractivity contribution is -0.393. The summed E-state index contributed by atoms with van der Waals surface area (Å²) in [5.74, 6) is -0.0318. The van der Waals surface area contributed by atoms with Crippen LogP contribution in [0.1, 0.15) is 0 Å². The summed E-state index contributed by atoms with van der Waals surface area (Å²) in [5, 5.41) is 33.6. The number of nitro benzene ring substituents is 2. The fraction of sp³-hybridized carbons (Fsp3) is 0. The molecule has 0 amide bonds. The summed E-state index contributed by atoms with van der Waals surface area (Å²) >= 11 is 5.74. The molecule has 0 aromatic heterocycles. The van der Waals surface area contributed by atoms with Crippen LogP contribution >= 0.6 is 11.6 Å². The zero-order valence-corrected chi connectivity index (χ0v) is 11.1. The smallest absolute Gasteiger partial charge is 0.299 e. The van der Waals surface area contributed by atoms with E-state index in [0.717, 1.165) is 12.1 Å². The van der Waals surface area contributed by atoms with E-state index in [9.17, 15) is 25.3 Å². The maximum atomic E-state index is 11.0. The van der Waals surface area contributed by atoms with Crippen LogP contribution in [0.4, 0.5) is 22.7 Å². The molecule has 2 rings (SSSR count). The lowest BCUT2D eigenvalue weighted by Crippen LogP contribution is -1.99. The summed E-state index contributed by atoms with van der Waals surface area (Å²) in [5.41, 5.74) is -0.677. The van der Waals surface area contributed by atoms with Gasteiger partial charge >= 0.3 is 0 Å². The highest BCUT2D eigenvalue weighted by Crippen LogP contribution is 2.37. The van der Waals surface area contributed by atoms with Gasteiger partial charge in [0.2, 0.25) is 0 Å². The SMILES string of the molecule is O=[N+]([O-])c1cc([N+](=O)[O-])c(Nc2cccc(O)c2)cc1Cl. The van der Waals surface area contributed by atoms with Gasteiger partial charge in [0.05, 0.1) is 15.9 Å². The molecule has 9 heteroatoms. The van der Waals surface area contributed by atoms with Gasteiger partial charge in [-0.2, -0.15) is 0 Å². The zero-order valence-electron chi connectivity index (χ0n) is 10.3. The van der Waals surface area contributed by atoms with Crippen molar-refractivity contribution in [2.45, 2.75) is 0 Å². The van der Waals surface area contributed by atoms with Gasteiger partial charge in [-0.3, -0.25) is 20.2 Å². The molecule has 21 heavy (non-hydrogen) atoms. The molecule has 0 bridgehead atoms. The molecule has 8 nitrogen and oxygen atoms in total. The van der Waals surface area contributed by atoms with E-state index < -0.39 is 21.2 Å². The first-order valence-corrected chi connectivity index (χ1v) is 5.94. The molecule has 0 saturated carbocycles. The number of benzene rings is 2. The Labute approximate surface area is 122 Å².